The number of carbonyl (C=O) groups excluding carboxylic acids is 3. The van der Waals surface area contributed by atoms with Crippen molar-refractivity contribution in [1.82, 2.24) is 9.97 Å². The molecule has 33 heavy (non-hydrogen) atoms. The van der Waals surface area contributed by atoms with Crippen molar-refractivity contribution < 1.29 is 58.3 Å². The molecule has 14 nitrogen and oxygen atoms in total. The minimum atomic E-state index is -1.40. The van der Waals surface area contributed by atoms with Gasteiger partial charge in [-0.2, -0.15) is 0 Å². The first-order valence-electron chi connectivity index (χ1n) is 8.57. The lowest BCUT2D eigenvalue weighted by molar-refractivity contribution is -0.135. The maximum Gasteiger partial charge on any atom is 0.357 e. The molecule has 2 rings (SSSR count). The maximum absolute atomic E-state index is 11.1. The quantitative estimate of drug-likeness (QED) is 0.402. The van der Waals surface area contributed by atoms with Gasteiger partial charge >= 0.3 is 35.8 Å². The van der Waals surface area contributed by atoms with Gasteiger partial charge in [0.2, 0.25) is 5.75 Å². The van der Waals surface area contributed by atoms with Crippen LogP contribution in [0.15, 0.2) is 24.5 Å². The smallest absolute Gasteiger partial charge is 0.357 e. The molecule has 3 N–H and O–H groups in total. The standard InChI is InChI=1S/C13H12O8.C6H4N2O4/c1-6(14)19-10-4-9(13(17)18)5-11(20-7(2)15)12(10)21-8(3)16;9-5(10)3-4(6(11)12)8-2-1-7-3/h4-5H,1-3H3,(H,17,18);1-2H,(H,9,10)(H,11,12). The summed E-state index contributed by atoms with van der Waals surface area (Å²) in [7, 11) is 0. The molecule has 1 aromatic heterocycles. The van der Waals surface area contributed by atoms with E-state index in [9.17, 15) is 28.8 Å². The van der Waals surface area contributed by atoms with E-state index in [4.69, 9.17) is 29.5 Å². The molecule has 14 heteroatoms. The second-order valence-electron chi connectivity index (χ2n) is 5.75. The van der Waals surface area contributed by atoms with Gasteiger partial charge in [-0.25, -0.2) is 24.4 Å². The van der Waals surface area contributed by atoms with Crippen LogP contribution in [0, 0.1) is 0 Å². The van der Waals surface area contributed by atoms with Crippen LogP contribution in [0.4, 0.5) is 0 Å². The van der Waals surface area contributed by atoms with Gasteiger partial charge in [-0.3, -0.25) is 14.4 Å². The number of ether oxygens (including phenoxy) is 3. The average Bonchev–Trinajstić information content (AvgIpc) is 2.69. The number of benzene rings is 1. The first kappa shape index (κ1) is 26.2. The van der Waals surface area contributed by atoms with E-state index in [0.717, 1.165) is 45.3 Å². The van der Waals surface area contributed by atoms with Crippen LogP contribution in [0.5, 0.6) is 17.2 Å². The summed E-state index contributed by atoms with van der Waals surface area (Å²) in [4.78, 5) is 71.6. The second kappa shape index (κ2) is 11.5. The molecular formula is C19H16N2O12. The highest BCUT2D eigenvalue weighted by atomic mass is 16.6. The number of hydrogen-bond donors (Lipinski definition) is 3. The van der Waals surface area contributed by atoms with Crippen LogP contribution in [0.2, 0.25) is 0 Å². The number of rotatable bonds is 6. The van der Waals surface area contributed by atoms with Crippen LogP contribution in [-0.4, -0.2) is 61.1 Å². The van der Waals surface area contributed by atoms with Gasteiger partial charge in [0.25, 0.3) is 0 Å². The highest BCUT2D eigenvalue weighted by Crippen LogP contribution is 2.39. The Balaban J connectivity index is 0.000000383. The van der Waals surface area contributed by atoms with Crippen LogP contribution in [0.3, 0.4) is 0 Å². The summed E-state index contributed by atoms with van der Waals surface area (Å²) < 4.78 is 14.4. The van der Waals surface area contributed by atoms with E-state index in [2.05, 4.69) is 9.97 Å². The molecule has 0 radical (unpaired) electrons. The van der Waals surface area contributed by atoms with Gasteiger partial charge in [0.05, 0.1) is 5.56 Å². The molecule has 0 saturated carbocycles. The predicted octanol–water partition coefficient (Wildman–Crippen LogP) is 1.03. The van der Waals surface area contributed by atoms with Crippen LogP contribution in [-0.2, 0) is 14.4 Å². The number of aromatic carboxylic acids is 3. The molecule has 0 fully saturated rings. The van der Waals surface area contributed by atoms with E-state index in [1.165, 1.54) is 0 Å². The highest BCUT2D eigenvalue weighted by molar-refractivity contribution is 5.98. The Labute approximate surface area is 184 Å². The molecule has 1 aromatic carbocycles. The third-order valence-corrected chi connectivity index (χ3v) is 3.12. The Kier molecular flexibility index (Phi) is 9.11. The van der Waals surface area contributed by atoms with Gasteiger partial charge < -0.3 is 29.5 Å². The summed E-state index contributed by atoms with van der Waals surface area (Å²) in [5.41, 5.74) is -1.41. The number of hydrogen-bond acceptors (Lipinski definition) is 11. The molecule has 0 unspecified atom stereocenters. The minimum Gasteiger partial charge on any atom is -0.478 e. The lowest BCUT2D eigenvalue weighted by Gasteiger charge is -2.13. The normalized spacial score (nSPS) is 9.55. The van der Waals surface area contributed by atoms with E-state index in [1.807, 2.05) is 0 Å². The zero-order valence-electron chi connectivity index (χ0n) is 17.2. The first-order valence-corrected chi connectivity index (χ1v) is 8.57. The van der Waals surface area contributed by atoms with E-state index in [-0.39, 0.29) is 22.8 Å². The maximum atomic E-state index is 11.1. The largest absolute Gasteiger partial charge is 0.478 e. The number of carboxylic acids is 3. The van der Waals surface area contributed by atoms with Crippen LogP contribution >= 0.6 is 0 Å². The predicted molar refractivity (Wildman–Crippen MR) is 103 cm³/mol. The molecule has 174 valence electrons. The van der Waals surface area contributed by atoms with Crippen molar-refractivity contribution in [3.05, 3.63) is 41.5 Å². The molecule has 0 bridgehead atoms. The van der Waals surface area contributed by atoms with Gasteiger partial charge in [0, 0.05) is 33.2 Å². The summed E-state index contributed by atoms with van der Waals surface area (Å²) in [5.74, 6) is -7.47. The molecule has 2 aromatic rings. The molecule has 0 aliphatic heterocycles. The number of carbonyl (C=O) groups is 6. The van der Waals surface area contributed by atoms with E-state index < -0.39 is 47.2 Å². The fourth-order valence-electron chi connectivity index (χ4n) is 2.06. The summed E-state index contributed by atoms with van der Waals surface area (Å²) >= 11 is 0. The van der Waals surface area contributed by atoms with Crippen molar-refractivity contribution in [3.8, 4) is 17.2 Å². The summed E-state index contributed by atoms with van der Waals surface area (Å²) in [5, 5.41) is 25.9. The number of nitrogens with zero attached hydrogens (tertiary/aromatic N) is 2. The SMILES string of the molecule is CC(=O)Oc1cc(C(=O)O)cc(OC(C)=O)c1OC(C)=O.O=C(O)c1nccnc1C(=O)O. The van der Waals surface area contributed by atoms with Crippen molar-refractivity contribution in [3.63, 3.8) is 0 Å². The fraction of sp³-hybridized carbons (Fsp3) is 0.158. The topological polar surface area (TPSA) is 217 Å². The third-order valence-electron chi connectivity index (χ3n) is 3.12. The number of esters is 3. The molecule has 0 atom stereocenters. The molecule has 0 aliphatic rings. The molecular weight excluding hydrogens is 448 g/mol. The zero-order valence-corrected chi connectivity index (χ0v) is 17.2. The first-order chi connectivity index (χ1) is 15.3. The number of aromatic nitrogens is 2. The van der Waals surface area contributed by atoms with Crippen molar-refractivity contribution >= 4 is 35.8 Å². The lowest BCUT2D eigenvalue weighted by atomic mass is 10.2. The second-order valence-corrected chi connectivity index (χ2v) is 5.75. The zero-order chi connectivity index (χ0) is 25.3. The Morgan fingerprint density at radius 1 is 0.636 bits per heavy atom. The van der Waals surface area contributed by atoms with Crippen LogP contribution in [0.25, 0.3) is 0 Å². The number of carboxylic acid groups (broad SMARTS) is 3. The summed E-state index contributed by atoms with van der Waals surface area (Å²) in [6.07, 6.45) is 2.24. The van der Waals surface area contributed by atoms with E-state index >= 15 is 0 Å². The van der Waals surface area contributed by atoms with Gasteiger partial charge in [-0.15, -0.1) is 0 Å². The highest BCUT2D eigenvalue weighted by Gasteiger charge is 2.22. The Bertz CT molecular complexity index is 1060. The Morgan fingerprint density at radius 3 is 1.27 bits per heavy atom. The lowest BCUT2D eigenvalue weighted by Crippen LogP contribution is -2.12. The van der Waals surface area contributed by atoms with E-state index in [1.54, 1.807) is 0 Å². The molecule has 0 spiro atoms. The Morgan fingerprint density at radius 2 is 1.00 bits per heavy atom. The summed E-state index contributed by atoms with van der Waals surface area (Å²) in [6, 6.07) is 1.96. The van der Waals surface area contributed by atoms with Crippen molar-refractivity contribution in [1.29, 1.82) is 0 Å². The van der Waals surface area contributed by atoms with Gasteiger partial charge in [0.15, 0.2) is 22.9 Å². The van der Waals surface area contributed by atoms with Gasteiger partial charge in [-0.1, -0.05) is 0 Å². The monoisotopic (exact) mass is 464 g/mol. The van der Waals surface area contributed by atoms with Crippen molar-refractivity contribution in [2.45, 2.75) is 20.8 Å². The molecule has 0 saturated heterocycles. The molecule has 0 amide bonds. The molecule has 1 heterocycles. The molecule has 0 aliphatic carbocycles. The summed E-state index contributed by atoms with van der Waals surface area (Å²) in [6.45, 7) is 3.24. The van der Waals surface area contributed by atoms with Crippen LogP contribution < -0.4 is 14.2 Å². The van der Waals surface area contributed by atoms with E-state index in [0.29, 0.717) is 0 Å². The van der Waals surface area contributed by atoms with Crippen LogP contribution in [0.1, 0.15) is 52.1 Å². The average molecular weight is 464 g/mol. The van der Waals surface area contributed by atoms with Crippen molar-refractivity contribution in [2.75, 3.05) is 0 Å². The van der Waals surface area contributed by atoms with Gasteiger partial charge in [0.1, 0.15) is 0 Å². The fourth-order valence-corrected chi connectivity index (χ4v) is 2.06. The van der Waals surface area contributed by atoms with Gasteiger partial charge in [-0.05, 0) is 12.1 Å². The third kappa shape index (κ3) is 8.05. The Hall–Kier alpha value is -4.88. The van der Waals surface area contributed by atoms with Crippen molar-refractivity contribution in [2.24, 2.45) is 0 Å². The minimum absolute atomic E-state index is 0.307.